The third-order valence-electron chi connectivity index (χ3n) is 2.58. The molecule has 0 unspecified atom stereocenters. The summed E-state index contributed by atoms with van der Waals surface area (Å²) in [6.07, 6.45) is -0.385. The number of rotatable bonds is 5. The van der Waals surface area contributed by atoms with Crippen LogP contribution in [0.25, 0.3) is 0 Å². The van der Waals surface area contributed by atoms with Crippen LogP contribution in [0.5, 0.6) is 0 Å². The van der Waals surface area contributed by atoms with Crippen molar-refractivity contribution in [3.05, 3.63) is 35.9 Å². The molecule has 0 aliphatic rings. The number of nitrogens with one attached hydrogen (secondary N) is 1. The van der Waals surface area contributed by atoms with Gasteiger partial charge < -0.3 is 14.9 Å². The Morgan fingerprint density at radius 2 is 1.78 bits per heavy atom. The Balaban J connectivity index is 2.81. The van der Waals surface area contributed by atoms with Gasteiger partial charge in [0.15, 0.2) is 0 Å². The van der Waals surface area contributed by atoms with E-state index in [0.717, 1.165) is 5.56 Å². The standard InChI is InChI=1S/C17H24N2O4/c1-12(2)19-23-15(20)14(11-13-9-7-6-8-10-13)18-16(21)22-17(3,4)5/h6-10,14H,11H2,1-5H3,(H,18,21)/t14-/m0/s1. The number of amides is 1. The van der Waals surface area contributed by atoms with E-state index in [0.29, 0.717) is 5.71 Å². The lowest BCUT2D eigenvalue weighted by atomic mass is 10.1. The second-order valence-electron chi connectivity index (χ2n) is 6.34. The van der Waals surface area contributed by atoms with Gasteiger partial charge in [-0.05, 0) is 40.2 Å². The molecule has 6 nitrogen and oxygen atoms in total. The number of carbonyl (C=O) groups is 2. The van der Waals surface area contributed by atoms with Crippen molar-refractivity contribution in [2.75, 3.05) is 0 Å². The van der Waals surface area contributed by atoms with E-state index in [4.69, 9.17) is 9.57 Å². The smallest absolute Gasteiger partial charge is 0.408 e. The average Bonchev–Trinajstić information content (AvgIpc) is 2.43. The zero-order chi connectivity index (χ0) is 17.5. The van der Waals surface area contributed by atoms with E-state index in [1.165, 1.54) is 0 Å². The lowest BCUT2D eigenvalue weighted by Crippen LogP contribution is -2.45. The summed E-state index contributed by atoms with van der Waals surface area (Å²) in [7, 11) is 0. The molecule has 23 heavy (non-hydrogen) atoms. The fourth-order valence-electron chi connectivity index (χ4n) is 1.69. The Bertz CT molecular complexity index is 558. The number of alkyl carbamates (subject to hydrolysis) is 1. The number of ether oxygens (including phenoxy) is 1. The zero-order valence-electron chi connectivity index (χ0n) is 14.3. The molecule has 0 heterocycles. The number of oxime groups is 1. The number of hydrogen-bond donors (Lipinski definition) is 1. The maximum Gasteiger partial charge on any atom is 0.408 e. The molecule has 0 radical (unpaired) electrons. The predicted molar refractivity (Wildman–Crippen MR) is 88.2 cm³/mol. The zero-order valence-corrected chi connectivity index (χ0v) is 14.3. The normalized spacial score (nSPS) is 12.0. The molecule has 1 aromatic rings. The minimum absolute atomic E-state index is 0.289. The van der Waals surface area contributed by atoms with Crippen LogP contribution in [0.3, 0.4) is 0 Å². The highest BCUT2D eigenvalue weighted by molar-refractivity contribution is 5.83. The highest BCUT2D eigenvalue weighted by Gasteiger charge is 2.26. The highest BCUT2D eigenvalue weighted by atomic mass is 16.7. The fourth-order valence-corrected chi connectivity index (χ4v) is 1.69. The van der Waals surface area contributed by atoms with Crippen LogP contribution in [0.4, 0.5) is 4.79 Å². The molecule has 1 rings (SSSR count). The fraction of sp³-hybridized carbons (Fsp3) is 0.471. The van der Waals surface area contributed by atoms with Crippen LogP contribution >= 0.6 is 0 Å². The van der Waals surface area contributed by atoms with Gasteiger partial charge in [0.2, 0.25) is 0 Å². The lowest BCUT2D eigenvalue weighted by molar-refractivity contribution is -0.146. The quantitative estimate of drug-likeness (QED) is 0.514. The number of carbonyl (C=O) groups excluding carboxylic acids is 2. The molecule has 0 saturated heterocycles. The van der Waals surface area contributed by atoms with Crippen molar-refractivity contribution in [1.82, 2.24) is 5.32 Å². The summed E-state index contributed by atoms with van der Waals surface area (Å²) in [5.74, 6) is -0.638. The summed E-state index contributed by atoms with van der Waals surface area (Å²) in [6, 6.07) is 8.45. The van der Waals surface area contributed by atoms with E-state index in [2.05, 4.69) is 10.5 Å². The summed E-state index contributed by atoms with van der Waals surface area (Å²) < 4.78 is 5.19. The first-order valence-corrected chi connectivity index (χ1v) is 7.43. The Hall–Kier alpha value is -2.37. The van der Waals surface area contributed by atoms with Crippen LogP contribution in [0.2, 0.25) is 0 Å². The highest BCUT2D eigenvalue weighted by Crippen LogP contribution is 2.09. The van der Waals surface area contributed by atoms with Crippen LogP contribution in [-0.2, 0) is 20.8 Å². The Morgan fingerprint density at radius 1 is 1.17 bits per heavy atom. The minimum atomic E-state index is -0.879. The van der Waals surface area contributed by atoms with Gasteiger partial charge in [-0.2, -0.15) is 0 Å². The maximum atomic E-state index is 12.2. The second kappa shape index (κ2) is 8.31. The van der Waals surface area contributed by atoms with Crippen LogP contribution in [0, 0.1) is 0 Å². The van der Waals surface area contributed by atoms with Gasteiger partial charge in [-0.3, -0.25) is 0 Å². The molecule has 1 atom stereocenters. The molecule has 1 N–H and O–H groups in total. The van der Waals surface area contributed by atoms with Crippen molar-refractivity contribution in [2.45, 2.75) is 52.7 Å². The van der Waals surface area contributed by atoms with Crippen molar-refractivity contribution in [3.8, 4) is 0 Å². The van der Waals surface area contributed by atoms with Gasteiger partial charge in [-0.15, -0.1) is 0 Å². The Labute approximate surface area is 136 Å². The molecule has 0 aliphatic heterocycles. The molecule has 126 valence electrons. The molecule has 1 amide bonds. The number of benzene rings is 1. The van der Waals surface area contributed by atoms with Gasteiger partial charge in [0, 0.05) is 6.42 Å². The second-order valence-corrected chi connectivity index (χ2v) is 6.34. The molecule has 6 heteroatoms. The number of nitrogens with zero attached hydrogens (tertiary/aromatic N) is 1. The predicted octanol–water partition coefficient (Wildman–Crippen LogP) is 3.06. The average molecular weight is 320 g/mol. The third-order valence-corrected chi connectivity index (χ3v) is 2.58. The van der Waals surface area contributed by atoms with Crippen LogP contribution in [0.15, 0.2) is 35.5 Å². The van der Waals surface area contributed by atoms with Crippen molar-refractivity contribution in [2.24, 2.45) is 5.16 Å². The summed E-state index contributed by atoms with van der Waals surface area (Å²) in [4.78, 5) is 28.9. The van der Waals surface area contributed by atoms with Crippen LogP contribution in [-0.4, -0.2) is 29.4 Å². The number of hydrogen-bond acceptors (Lipinski definition) is 5. The van der Waals surface area contributed by atoms with Crippen molar-refractivity contribution >= 4 is 17.8 Å². The first kappa shape index (κ1) is 18.7. The van der Waals surface area contributed by atoms with Gasteiger partial charge in [-0.1, -0.05) is 35.5 Å². The largest absolute Gasteiger partial charge is 0.444 e. The van der Waals surface area contributed by atoms with Crippen molar-refractivity contribution in [3.63, 3.8) is 0 Å². The van der Waals surface area contributed by atoms with Gasteiger partial charge in [0.1, 0.15) is 11.6 Å². The van der Waals surface area contributed by atoms with Gasteiger partial charge in [0.25, 0.3) is 0 Å². The SMILES string of the molecule is CC(C)=NOC(=O)[C@H](Cc1ccccc1)NC(=O)OC(C)(C)C. The van der Waals surface area contributed by atoms with Crippen molar-refractivity contribution < 1.29 is 19.2 Å². The van der Waals surface area contributed by atoms with E-state index < -0.39 is 23.7 Å². The lowest BCUT2D eigenvalue weighted by Gasteiger charge is -2.22. The molecule has 0 bridgehead atoms. The van der Waals surface area contributed by atoms with Gasteiger partial charge in [0.05, 0.1) is 5.71 Å². The summed E-state index contributed by atoms with van der Waals surface area (Å²) in [6.45, 7) is 8.67. The first-order valence-electron chi connectivity index (χ1n) is 7.43. The van der Waals surface area contributed by atoms with Crippen LogP contribution < -0.4 is 5.32 Å². The van der Waals surface area contributed by atoms with Crippen LogP contribution in [0.1, 0.15) is 40.2 Å². The van der Waals surface area contributed by atoms with E-state index in [1.54, 1.807) is 34.6 Å². The van der Waals surface area contributed by atoms with Crippen molar-refractivity contribution in [1.29, 1.82) is 0 Å². The molecule has 1 aromatic carbocycles. The van der Waals surface area contributed by atoms with Gasteiger partial charge >= 0.3 is 12.1 Å². The minimum Gasteiger partial charge on any atom is -0.444 e. The van der Waals surface area contributed by atoms with Gasteiger partial charge in [-0.25, -0.2) is 9.59 Å². The molecular weight excluding hydrogens is 296 g/mol. The summed E-state index contributed by atoms with van der Waals surface area (Å²) in [5, 5.41) is 6.18. The Kier molecular flexibility index (Phi) is 6.75. The van der Waals surface area contributed by atoms with E-state index in [1.807, 2.05) is 30.3 Å². The molecule has 0 saturated carbocycles. The first-order chi connectivity index (χ1) is 10.7. The summed E-state index contributed by atoms with van der Waals surface area (Å²) >= 11 is 0. The molecule has 0 fully saturated rings. The molecule has 0 spiro atoms. The molecule has 0 aliphatic carbocycles. The third kappa shape index (κ3) is 7.99. The van der Waals surface area contributed by atoms with E-state index in [9.17, 15) is 9.59 Å². The topological polar surface area (TPSA) is 77.0 Å². The maximum absolute atomic E-state index is 12.2. The van der Waals surface area contributed by atoms with E-state index >= 15 is 0 Å². The molecule has 0 aromatic heterocycles. The summed E-state index contributed by atoms with van der Waals surface area (Å²) in [5.41, 5.74) is 0.848. The van der Waals surface area contributed by atoms with E-state index in [-0.39, 0.29) is 6.42 Å². The Morgan fingerprint density at radius 3 is 2.30 bits per heavy atom. The molecular formula is C17H24N2O4. The monoisotopic (exact) mass is 320 g/mol.